The number of benzene rings is 5. The van der Waals surface area contributed by atoms with Crippen LogP contribution in [0.1, 0.15) is 130 Å². The van der Waals surface area contributed by atoms with Crippen LogP contribution in [0.2, 0.25) is 72.5 Å². The first kappa shape index (κ1) is 97.4. The molecular formula is C90H135N5O22Si4. The molecule has 9 rings (SSSR count). The van der Waals surface area contributed by atoms with Crippen LogP contribution in [0.5, 0.6) is 0 Å². The molecule has 3 saturated heterocycles. The fourth-order valence-electron chi connectivity index (χ4n) is 13.3. The molecule has 3 aliphatic heterocycles. The number of carbonyl (C=O) groups is 5. The summed E-state index contributed by atoms with van der Waals surface area (Å²) in [6, 6.07) is 41.1. The zero-order valence-electron chi connectivity index (χ0n) is 74.5. The lowest BCUT2D eigenvalue weighted by Gasteiger charge is -2.53. The maximum absolute atomic E-state index is 15.1. The number of carbonyl (C=O) groups excluding carboxylic acids is 5. The predicted molar refractivity (Wildman–Crippen MR) is 470 cm³/mol. The van der Waals surface area contributed by atoms with Gasteiger partial charge in [0.1, 0.15) is 87.9 Å². The lowest BCUT2D eigenvalue weighted by molar-refractivity contribution is -0.295. The Balaban J connectivity index is 1.20. The van der Waals surface area contributed by atoms with Crippen molar-refractivity contribution in [3.8, 4) is 0 Å². The lowest BCUT2D eigenvalue weighted by Crippen LogP contribution is -2.71. The third kappa shape index (κ3) is 28.0. The van der Waals surface area contributed by atoms with E-state index in [1.165, 1.54) is 6.08 Å². The second kappa shape index (κ2) is 43.0. The first-order valence-electron chi connectivity index (χ1n) is 42.2. The van der Waals surface area contributed by atoms with E-state index in [2.05, 4.69) is 169 Å². The zero-order chi connectivity index (χ0) is 88.3. The van der Waals surface area contributed by atoms with Crippen molar-refractivity contribution in [2.24, 2.45) is 0 Å². The molecule has 31 heteroatoms. The molecule has 1 saturated carbocycles. The highest BCUT2D eigenvalue weighted by molar-refractivity contribution is 6.75. The van der Waals surface area contributed by atoms with Gasteiger partial charge in [-0.1, -0.05) is 241 Å². The average Bonchev–Trinajstić information content (AvgIpc) is 1.56. The van der Waals surface area contributed by atoms with Crippen LogP contribution in [0.3, 0.4) is 0 Å². The van der Waals surface area contributed by atoms with Crippen molar-refractivity contribution < 1.29 is 104 Å². The first-order valence-corrected chi connectivity index (χ1v) is 53.8. The highest BCUT2D eigenvalue weighted by Crippen LogP contribution is 2.46. The van der Waals surface area contributed by atoms with Gasteiger partial charge in [-0.3, -0.25) is 0 Å². The summed E-state index contributed by atoms with van der Waals surface area (Å²) in [5.41, 5.74) is 3.59. The first-order chi connectivity index (χ1) is 56.9. The second-order valence-corrected chi connectivity index (χ2v) is 57.0. The Labute approximate surface area is 720 Å². The number of hydrogen-bond donors (Lipinski definition) is 6. The summed E-state index contributed by atoms with van der Waals surface area (Å²) in [5.74, 6) is 0. The second-order valence-electron chi connectivity index (χ2n) is 37.8. The van der Waals surface area contributed by atoms with Crippen molar-refractivity contribution in [1.82, 2.24) is 26.6 Å². The van der Waals surface area contributed by atoms with E-state index in [0.29, 0.717) is 23.1 Å². The molecule has 0 bridgehead atoms. The topological polar surface area (TPSA) is 313 Å². The van der Waals surface area contributed by atoms with Gasteiger partial charge in [-0.25, -0.2) is 24.0 Å². The summed E-state index contributed by atoms with van der Waals surface area (Å²) in [5, 5.41) is 27.3. The molecule has 5 aromatic carbocycles. The maximum atomic E-state index is 15.1. The highest BCUT2D eigenvalue weighted by atomic mass is 28.4. The average molecular weight is 1750 g/mol. The SMILES string of the molecule is C=CCO[C@H]1[C@H](O[C@@H]2[C@@H](O)[C@H](NC(=O)OCc3ccccc3)C[C@H](NC(=O)OCc3ccccc3)[C@H]2O[C@H]2O[C@H](CO[Si](C)(C)C(C)(C)C)CC[C@H]2NC(=O)OCc2ccccc2)O[C@H](CO[Si](C)(C)C(C)(C)C)[C@H]1O[C@H]1O[C@@H](CNC(=O)OCc2ccccc2)[C@H](O[Si](C)(C)C(C)(C)C)[C@H](O[Si](C)(C)C(C)(C)C)[C@H]1NC(=O)OCc1ccccc1. The Morgan fingerprint density at radius 3 is 1.21 bits per heavy atom. The van der Waals surface area contributed by atoms with E-state index in [0.717, 1.165) is 11.1 Å². The van der Waals surface area contributed by atoms with Gasteiger partial charge in [0.05, 0.1) is 50.2 Å². The molecule has 5 aromatic rings. The van der Waals surface area contributed by atoms with Gasteiger partial charge in [-0.05, 0) is 120 Å². The number of rotatable bonds is 35. The third-order valence-corrected chi connectivity index (χ3v) is 42.6. The molecule has 668 valence electrons. The number of alkyl carbamates (subject to hydrolysis) is 5. The molecular weight excluding hydrogens is 1620 g/mol. The monoisotopic (exact) mass is 1750 g/mol. The van der Waals surface area contributed by atoms with Gasteiger partial charge in [0.2, 0.25) is 0 Å². The van der Waals surface area contributed by atoms with Crippen molar-refractivity contribution in [2.45, 2.75) is 312 Å². The van der Waals surface area contributed by atoms with Crippen molar-refractivity contribution >= 4 is 63.7 Å². The molecule has 17 atom stereocenters. The predicted octanol–water partition coefficient (Wildman–Crippen LogP) is 16.4. The third-order valence-electron chi connectivity index (χ3n) is 24.7. The molecule has 3 heterocycles. The van der Waals surface area contributed by atoms with Crippen LogP contribution in [-0.4, -0.2) is 199 Å². The molecule has 5 amide bonds. The Kier molecular flexibility index (Phi) is 34.6. The van der Waals surface area contributed by atoms with Crippen LogP contribution in [0.4, 0.5) is 24.0 Å². The number of amides is 5. The number of ether oxygens (including phenoxy) is 12. The van der Waals surface area contributed by atoms with Crippen molar-refractivity contribution in [2.75, 3.05) is 26.4 Å². The van der Waals surface area contributed by atoms with Crippen LogP contribution in [0.25, 0.3) is 0 Å². The minimum absolute atomic E-state index is 0.0370. The fourth-order valence-corrected chi connectivity index (χ4v) is 17.9. The van der Waals surface area contributed by atoms with Crippen LogP contribution < -0.4 is 26.6 Å². The molecule has 4 aliphatic rings. The minimum Gasteiger partial charge on any atom is -0.445 e. The number of hydrogen-bond acceptors (Lipinski definition) is 22. The van der Waals surface area contributed by atoms with E-state index in [1.54, 1.807) is 12.1 Å². The summed E-state index contributed by atoms with van der Waals surface area (Å²) in [4.78, 5) is 72.8. The Hall–Kier alpha value is -7.42. The number of aliphatic hydroxyl groups is 1. The van der Waals surface area contributed by atoms with Crippen molar-refractivity contribution in [3.63, 3.8) is 0 Å². The van der Waals surface area contributed by atoms with Gasteiger partial charge < -0.3 is 106 Å². The molecule has 0 aromatic heterocycles. The molecule has 4 fully saturated rings. The Morgan fingerprint density at radius 1 is 0.405 bits per heavy atom. The van der Waals surface area contributed by atoms with Crippen LogP contribution in [0, 0.1) is 0 Å². The van der Waals surface area contributed by atoms with Crippen LogP contribution in [-0.2, 0) is 108 Å². The van der Waals surface area contributed by atoms with Crippen molar-refractivity contribution in [1.29, 1.82) is 0 Å². The smallest absolute Gasteiger partial charge is 0.407 e. The molecule has 0 radical (unpaired) electrons. The quantitative estimate of drug-likeness (QED) is 0.0125. The van der Waals surface area contributed by atoms with Gasteiger partial charge >= 0.3 is 30.5 Å². The highest BCUT2D eigenvalue weighted by Gasteiger charge is 2.60. The molecule has 6 N–H and O–H groups in total. The maximum Gasteiger partial charge on any atom is 0.407 e. The van der Waals surface area contributed by atoms with Gasteiger partial charge in [0, 0.05) is 6.54 Å². The van der Waals surface area contributed by atoms with Gasteiger partial charge in [0.25, 0.3) is 0 Å². The Bertz CT molecular complexity index is 4060. The fraction of sp³-hybridized carbons (Fsp3) is 0.589. The summed E-state index contributed by atoms with van der Waals surface area (Å²) >= 11 is 0. The largest absolute Gasteiger partial charge is 0.445 e. The Morgan fingerprint density at radius 2 is 0.777 bits per heavy atom. The molecule has 1 aliphatic carbocycles. The number of nitrogens with one attached hydrogen (secondary N) is 5. The summed E-state index contributed by atoms with van der Waals surface area (Å²) in [6.07, 6.45) is -19.6. The van der Waals surface area contributed by atoms with E-state index in [9.17, 15) is 24.3 Å². The van der Waals surface area contributed by atoms with E-state index in [1.807, 2.05) is 140 Å². The van der Waals surface area contributed by atoms with E-state index < -0.39 is 178 Å². The normalized spacial score (nSPS) is 25.7. The van der Waals surface area contributed by atoms with Gasteiger partial charge in [-0.15, -0.1) is 6.58 Å². The summed E-state index contributed by atoms with van der Waals surface area (Å²) < 4.78 is 110. The minimum atomic E-state index is -3.02. The van der Waals surface area contributed by atoms with Crippen LogP contribution in [0.15, 0.2) is 164 Å². The lowest BCUT2D eigenvalue weighted by atomic mass is 9.83. The summed E-state index contributed by atoms with van der Waals surface area (Å²) in [6.45, 7) is 45.4. The standard InChI is InChI=1S/C90H135N5O22Si4/c1-22-50-102-78-74(114-80-71(95-86(101)107-57-64-46-36-27-37-47-64)76(117-121(20,21)90(11,12)13)75(116-120(18,19)89(8,9)10)69(111-80)52-91-82(97)103-53-60-38-28-23-29-39-60)70(59-109-119(16,17)88(5,6)7)112-81(78)115-77-72(96)67(93-84(99)105-55-62-42-32-25-33-43-62)51-68(94-85(100)106-56-63-44-34-26-35-45-63)73(77)113-79-66(92-83(98)104-54-61-40-30-24-31-41-61)49-48-65(110-79)58-108-118(14,15)87(2,3)4/h22-47,65-81,96H,1,48-59H2,2-21H3,(H,91,97)(H,92,98)(H,93,99)(H,94,100)(H,95,101)/t65-,66+,67+,68-,69-,70+,71+,72-,73+,74+,75-,76+,77+,78+,79+,80+,81-/m0/s1. The van der Waals surface area contributed by atoms with Gasteiger partial charge in [0.15, 0.2) is 52.1 Å². The van der Waals surface area contributed by atoms with E-state index in [-0.39, 0.29) is 82.3 Å². The number of aliphatic hydroxyl groups excluding tert-OH is 1. The van der Waals surface area contributed by atoms with E-state index >= 15 is 4.79 Å². The molecule has 121 heavy (non-hydrogen) atoms. The van der Waals surface area contributed by atoms with Crippen LogP contribution >= 0.6 is 0 Å². The zero-order valence-corrected chi connectivity index (χ0v) is 78.5. The van der Waals surface area contributed by atoms with Gasteiger partial charge in [-0.2, -0.15) is 0 Å². The molecule has 0 spiro atoms. The van der Waals surface area contributed by atoms with E-state index in [4.69, 9.17) is 74.5 Å². The molecule has 0 unspecified atom stereocenters. The molecule has 27 nitrogen and oxygen atoms in total. The summed E-state index contributed by atoms with van der Waals surface area (Å²) in [7, 11) is -11.2. The van der Waals surface area contributed by atoms with Crippen molar-refractivity contribution in [3.05, 3.63) is 192 Å².